The van der Waals surface area contributed by atoms with Gasteiger partial charge in [0.25, 0.3) is 0 Å². The lowest BCUT2D eigenvalue weighted by molar-refractivity contribution is -0.151. The molecule has 3 aliphatic rings. The number of rotatable bonds is 4. The molecule has 2 bridgehead atoms. The van der Waals surface area contributed by atoms with E-state index in [2.05, 4.69) is 5.32 Å². The van der Waals surface area contributed by atoms with Gasteiger partial charge in [0.05, 0.1) is 13.2 Å². The number of carbonyl (C=O) groups excluding carboxylic acids is 1. The highest BCUT2D eigenvalue weighted by Crippen LogP contribution is 2.51. The van der Waals surface area contributed by atoms with Crippen LogP contribution in [0.2, 0.25) is 0 Å². The van der Waals surface area contributed by atoms with Crippen molar-refractivity contribution < 1.29 is 14.3 Å². The molecule has 0 aromatic heterocycles. The van der Waals surface area contributed by atoms with Gasteiger partial charge >= 0.3 is 5.97 Å². The van der Waals surface area contributed by atoms with E-state index in [0.29, 0.717) is 11.8 Å². The maximum absolute atomic E-state index is 12.2. The van der Waals surface area contributed by atoms with Crippen molar-refractivity contribution in [3.63, 3.8) is 0 Å². The Morgan fingerprint density at radius 1 is 1.44 bits per heavy atom. The molecule has 3 fully saturated rings. The monoisotopic (exact) mass is 253 g/mol. The van der Waals surface area contributed by atoms with Crippen molar-refractivity contribution in [2.75, 3.05) is 20.3 Å². The van der Waals surface area contributed by atoms with E-state index in [9.17, 15) is 4.79 Å². The highest BCUT2D eigenvalue weighted by Gasteiger charge is 2.56. The molecule has 0 amide bonds. The van der Waals surface area contributed by atoms with E-state index in [0.717, 1.165) is 38.8 Å². The first-order valence-electron chi connectivity index (χ1n) is 7.19. The van der Waals surface area contributed by atoms with Crippen molar-refractivity contribution in [2.24, 2.45) is 11.8 Å². The molecule has 4 nitrogen and oxygen atoms in total. The van der Waals surface area contributed by atoms with Gasteiger partial charge in [-0.05, 0) is 43.9 Å². The average molecular weight is 253 g/mol. The van der Waals surface area contributed by atoms with E-state index < -0.39 is 5.54 Å². The summed E-state index contributed by atoms with van der Waals surface area (Å²) in [6, 6.07) is 0. The van der Waals surface area contributed by atoms with Crippen molar-refractivity contribution in [3.8, 4) is 0 Å². The highest BCUT2D eigenvalue weighted by molar-refractivity contribution is 5.82. The lowest BCUT2D eigenvalue weighted by Gasteiger charge is -2.36. The molecule has 0 aromatic rings. The summed E-state index contributed by atoms with van der Waals surface area (Å²) in [7, 11) is 1.50. The third kappa shape index (κ3) is 1.95. The molecular formula is C14H23NO3. The minimum Gasteiger partial charge on any atom is -0.468 e. The standard InChI is InChI=1S/C14H23NO3/c1-17-13(16)14(8-10-4-5-11(14)7-10)15-9-12-3-2-6-18-12/h10-12,15H,2-9H2,1H3. The molecule has 4 heteroatoms. The molecule has 0 spiro atoms. The van der Waals surface area contributed by atoms with Gasteiger partial charge in [-0.2, -0.15) is 0 Å². The Labute approximate surface area is 108 Å². The number of carbonyl (C=O) groups is 1. The maximum Gasteiger partial charge on any atom is 0.326 e. The molecule has 1 N–H and O–H groups in total. The van der Waals surface area contributed by atoms with Crippen LogP contribution < -0.4 is 5.32 Å². The normalized spacial score (nSPS) is 42.4. The van der Waals surface area contributed by atoms with Crippen molar-refractivity contribution >= 4 is 5.97 Å². The number of nitrogens with one attached hydrogen (secondary N) is 1. The number of hydrogen-bond donors (Lipinski definition) is 1. The van der Waals surface area contributed by atoms with Crippen LogP contribution in [0.15, 0.2) is 0 Å². The summed E-state index contributed by atoms with van der Waals surface area (Å²) in [6.45, 7) is 1.65. The third-order valence-corrected chi connectivity index (χ3v) is 5.07. The van der Waals surface area contributed by atoms with Gasteiger partial charge in [0, 0.05) is 13.2 Å². The summed E-state index contributed by atoms with van der Waals surface area (Å²) in [5, 5.41) is 3.52. The average Bonchev–Trinajstić information content (AvgIpc) is 3.11. The summed E-state index contributed by atoms with van der Waals surface area (Å²) in [5.41, 5.74) is -0.413. The second-order valence-corrected chi connectivity index (χ2v) is 6.06. The number of ether oxygens (including phenoxy) is 2. The lowest BCUT2D eigenvalue weighted by atomic mass is 9.80. The molecule has 4 unspecified atom stereocenters. The molecular weight excluding hydrogens is 230 g/mol. The van der Waals surface area contributed by atoms with Gasteiger partial charge in [0.1, 0.15) is 5.54 Å². The molecule has 1 aliphatic heterocycles. The molecule has 0 radical (unpaired) electrons. The first-order valence-corrected chi connectivity index (χ1v) is 7.19. The summed E-state index contributed by atoms with van der Waals surface area (Å²) < 4.78 is 10.7. The van der Waals surface area contributed by atoms with E-state index in [1.807, 2.05) is 0 Å². The molecule has 4 atom stereocenters. The zero-order valence-electron chi connectivity index (χ0n) is 11.1. The van der Waals surface area contributed by atoms with Gasteiger partial charge < -0.3 is 9.47 Å². The SMILES string of the molecule is COC(=O)C1(NCC2CCCO2)CC2CCC1C2. The van der Waals surface area contributed by atoms with Gasteiger partial charge in [-0.1, -0.05) is 6.42 Å². The van der Waals surface area contributed by atoms with Gasteiger partial charge in [-0.25, -0.2) is 0 Å². The minimum absolute atomic E-state index is 0.0623. The first kappa shape index (κ1) is 12.4. The fraction of sp³-hybridized carbons (Fsp3) is 0.929. The van der Waals surface area contributed by atoms with Crippen molar-refractivity contribution in [1.82, 2.24) is 5.32 Å². The van der Waals surface area contributed by atoms with Gasteiger partial charge in [0.2, 0.25) is 0 Å². The van der Waals surface area contributed by atoms with Crippen molar-refractivity contribution in [2.45, 2.75) is 50.2 Å². The molecule has 102 valence electrons. The number of fused-ring (bicyclic) bond motifs is 2. The molecule has 2 saturated carbocycles. The van der Waals surface area contributed by atoms with Crippen LogP contribution in [-0.4, -0.2) is 37.9 Å². The maximum atomic E-state index is 12.2. The van der Waals surface area contributed by atoms with E-state index in [4.69, 9.17) is 9.47 Å². The largest absolute Gasteiger partial charge is 0.468 e. The Bertz CT molecular complexity index is 327. The van der Waals surface area contributed by atoms with Crippen LogP contribution in [0.4, 0.5) is 0 Å². The quantitative estimate of drug-likeness (QED) is 0.771. The predicted molar refractivity (Wildman–Crippen MR) is 67.2 cm³/mol. The first-order chi connectivity index (χ1) is 8.74. The van der Waals surface area contributed by atoms with Crippen LogP contribution in [0.25, 0.3) is 0 Å². The Morgan fingerprint density at radius 2 is 2.33 bits per heavy atom. The highest BCUT2D eigenvalue weighted by atomic mass is 16.5. The molecule has 18 heavy (non-hydrogen) atoms. The molecule has 1 saturated heterocycles. The Hall–Kier alpha value is -0.610. The van der Waals surface area contributed by atoms with Crippen molar-refractivity contribution in [3.05, 3.63) is 0 Å². The summed E-state index contributed by atoms with van der Waals surface area (Å²) in [4.78, 5) is 12.2. The van der Waals surface area contributed by atoms with Crippen molar-refractivity contribution in [1.29, 1.82) is 0 Å². The van der Waals surface area contributed by atoms with Crippen LogP contribution in [0.1, 0.15) is 38.5 Å². The van der Waals surface area contributed by atoms with Gasteiger partial charge in [-0.3, -0.25) is 10.1 Å². The summed E-state index contributed by atoms with van der Waals surface area (Å²) in [6.07, 6.45) is 7.13. The van der Waals surface area contributed by atoms with E-state index in [1.54, 1.807) is 0 Å². The number of methoxy groups -OCH3 is 1. The third-order valence-electron chi connectivity index (χ3n) is 5.07. The van der Waals surface area contributed by atoms with E-state index >= 15 is 0 Å². The smallest absolute Gasteiger partial charge is 0.326 e. The van der Waals surface area contributed by atoms with E-state index in [1.165, 1.54) is 20.0 Å². The number of hydrogen-bond acceptors (Lipinski definition) is 4. The van der Waals surface area contributed by atoms with Crippen LogP contribution >= 0.6 is 0 Å². The summed E-state index contributed by atoms with van der Waals surface area (Å²) in [5.74, 6) is 1.12. The molecule has 1 heterocycles. The van der Waals surface area contributed by atoms with Crippen LogP contribution in [0.3, 0.4) is 0 Å². The fourth-order valence-corrected chi connectivity index (χ4v) is 4.15. The predicted octanol–water partition coefficient (Wildman–Crippen LogP) is 1.49. The Balaban J connectivity index is 1.68. The molecule has 2 aliphatic carbocycles. The second-order valence-electron chi connectivity index (χ2n) is 6.06. The lowest BCUT2D eigenvalue weighted by Crippen LogP contribution is -2.58. The second kappa shape index (κ2) is 4.82. The van der Waals surface area contributed by atoms with Gasteiger partial charge in [0.15, 0.2) is 0 Å². The fourth-order valence-electron chi connectivity index (χ4n) is 4.15. The van der Waals surface area contributed by atoms with Crippen LogP contribution in [0, 0.1) is 11.8 Å². The Kier molecular flexibility index (Phi) is 3.32. The van der Waals surface area contributed by atoms with Gasteiger partial charge in [-0.15, -0.1) is 0 Å². The zero-order chi connectivity index (χ0) is 12.6. The molecule has 3 rings (SSSR count). The minimum atomic E-state index is -0.413. The topological polar surface area (TPSA) is 47.6 Å². The summed E-state index contributed by atoms with van der Waals surface area (Å²) >= 11 is 0. The van der Waals surface area contributed by atoms with E-state index in [-0.39, 0.29) is 12.1 Å². The number of esters is 1. The van der Waals surface area contributed by atoms with Crippen LogP contribution in [0.5, 0.6) is 0 Å². The molecule has 0 aromatic carbocycles. The zero-order valence-corrected chi connectivity index (χ0v) is 11.1. The Morgan fingerprint density at radius 3 is 2.89 bits per heavy atom. The van der Waals surface area contributed by atoms with Crippen LogP contribution in [-0.2, 0) is 14.3 Å².